The maximum Gasteiger partial charge on any atom is 0.227 e. The molecule has 1 atom stereocenters. The fourth-order valence-corrected chi connectivity index (χ4v) is 5.42. The van der Waals surface area contributed by atoms with Crippen molar-refractivity contribution in [2.75, 3.05) is 19.8 Å². The van der Waals surface area contributed by atoms with E-state index in [1.54, 1.807) is 0 Å². The molecule has 0 radical (unpaired) electrons. The van der Waals surface area contributed by atoms with Crippen LogP contribution in [0.15, 0.2) is 16.7 Å². The third kappa shape index (κ3) is 2.92. The first kappa shape index (κ1) is 18.5. The van der Waals surface area contributed by atoms with Gasteiger partial charge < -0.3 is 18.9 Å². The summed E-state index contributed by atoms with van der Waals surface area (Å²) < 4.78 is 17.0. The molecule has 1 spiro atoms. The van der Waals surface area contributed by atoms with E-state index in [4.69, 9.17) is 14.0 Å². The average Bonchev–Trinajstić information content (AvgIpc) is 3.32. The smallest absolute Gasteiger partial charge is 0.227 e. The number of aryl methyl sites for hydroxylation is 2. The molecule has 6 heteroatoms. The van der Waals surface area contributed by atoms with Crippen LogP contribution in [0.3, 0.4) is 0 Å². The van der Waals surface area contributed by atoms with Crippen molar-refractivity contribution >= 4 is 5.91 Å². The molecule has 6 nitrogen and oxygen atoms in total. The minimum absolute atomic E-state index is 0.0000222. The number of fused-ring (bicyclic) bond motifs is 3. The Labute approximate surface area is 171 Å². The Balaban J connectivity index is 1.53. The molecule has 0 saturated heterocycles. The van der Waals surface area contributed by atoms with Gasteiger partial charge in [-0.3, -0.25) is 4.79 Å². The van der Waals surface area contributed by atoms with Crippen LogP contribution in [-0.2, 0) is 16.6 Å². The van der Waals surface area contributed by atoms with E-state index < -0.39 is 0 Å². The van der Waals surface area contributed by atoms with E-state index in [1.807, 2.05) is 13.8 Å². The second kappa shape index (κ2) is 6.78. The summed E-state index contributed by atoms with van der Waals surface area (Å²) >= 11 is 0. The lowest BCUT2D eigenvalue weighted by atomic mass is 9.71. The lowest BCUT2D eigenvalue weighted by molar-refractivity contribution is -0.134. The molecule has 1 unspecified atom stereocenters. The zero-order valence-electron chi connectivity index (χ0n) is 17.4. The standard InChI is InChI=1S/C23H28N2O4/c1-14-17(16(3)29-24-14)11-22(26)25-13-23(6-4-5-7-23)19-12-21-20(27-8-9-28-21)10-18(19)15(25)2/h10,12,15H,4-9,11,13H2,1-3H3. The Morgan fingerprint density at radius 2 is 1.86 bits per heavy atom. The van der Waals surface area contributed by atoms with E-state index in [1.165, 1.54) is 24.0 Å². The number of hydrogen-bond donors (Lipinski definition) is 0. The number of carbonyl (C=O) groups is 1. The van der Waals surface area contributed by atoms with Crippen LogP contribution >= 0.6 is 0 Å². The quantitative estimate of drug-likeness (QED) is 0.767. The highest BCUT2D eigenvalue weighted by molar-refractivity contribution is 5.80. The van der Waals surface area contributed by atoms with Crippen LogP contribution in [0, 0.1) is 13.8 Å². The third-order valence-corrected chi connectivity index (χ3v) is 7.07. The molecule has 2 aromatic rings. The summed E-state index contributed by atoms with van der Waals surface area (Å²) in [7, 11) is 0. The van der Waals surface area contributed by atoms with Gasteiger partial charge in [0.15, 0.2) is 11.5 Å². The summed E-state index contributed by atoms with van der Waals surface area (Å²) in [5.74, 6) is 2.52. The zero-order valence-corrected chi connectivity index (χ0v) is 17.4. The molecular formula is C23H28N2O4. The van der Waals surface area contributed by atoms with Crippen molar-refractivity contribution in [1.29, 1.82) is 0 Å². The Bertz CT molecular complexity index is 939. The summed E-state index contributed by atoms with van der Waals surface area (Å²) in [6.07, 6.45) is 4.97. The maximum atomic E-state index is 13.4. The van der Waals surface area contributed by atoms with Crippen LogP contribution in [0.5, 0.6) is 11.5 Å². The number of aromatic nitrogens is 1. The molecule has 1 saturated carbocycles. The zero-order chi connectivity index (χ0) is 20.2. The molecule has 154 valence electrons. The molecule has 1 fully saturated rings. The van der Waals surface area contributed by atoms with Gasteiger partial charge in [-0.05, 0) is 56.9 Å². The Morgan fingerprint density at radius 1 is 1.17 bits per heavy atom. The number of carbonyl (C=O) groups excluding carboxylic acids is 1. The van der Waals surface area contributed by atoms with E-state index in [9.17, 15) is 4.79 Å². The molecule has 1 amide bonds. The Morgan fingerprint density at radius 3 is 2.52 bits per heavy atom. The second-order valence-corrected chi connectivity index (χ2v) is 8.75. The van der Waals surface area contributed by atoms with E-state index >= 15 is 0 Å². The van der Waals surface area contributed by atoms with Gasteiger partial charge in [-0.2, -0.15) is 0 Å². The van der Waals surface area contributed by atoms with Crippen molar-refractivity contribution in [3.8, 4) is 11.5 Å². The average molecular weight is 396 g/mol. The van der Waals surface area contributed by atoms with Gasteiger partial charge in [-0.15, -0.1) is 0 Å². The second-order valence-electron chi connectivity index (χ2n) is 8.75. The van der Waals surface area contributed by atoms with Gasteiger partial charge in [0.1, 0.15) is 19.0 Å². The van der Waals surface area contributed by atoms with Gasteiger partial charge in [0.2, 0.25) is 5.91 Å². The molecule has 2 aliphatic heterocycles. The van der Waals surface area contributed by atoms with Gasteiger partial charge >= 0.3 is 0 Å². The van der Waals surface area contributed by atoms with Gasteiger partial charge in [0.05, 0.1) is 18.2 Å². The lowest BCUT2D eigenvalue weighted by Crippen LogP contribution is -2.49. The van der Waals surface area contributed by atoms with Crippen molar-refractivity contribution in [1.82, 2.24) is 10.1 Å². The summed E-state index contributed by atoms with van der Waals surface area (Å²) in [6, 6.07) is 4.31. The Hall–Kier alpha value is -2.50. The summed E-state index contributed by atoms with van der Waals surface area (Å²) in [4.78, 5) is 15.5. The molecular weight excluding hydrogens is 368 g/mol. The first-order valence-electron chi connectivity index (χ1n) is 10.6. The summed E-state index contributed by atoms with van der Waals surface area (Å²) in [5, 5.41) is 4.01. The normalized spacial score (nSPS) is 22.0. The van der Waals surface area contributed by atoms with E-state index in [0.717, 1.165) is 47.9 Å². The summed E-state index contributed by atoms with van der Waals surface area (Å²) in [5.41, 5.74) is 4.29. The van der Waals surface area contributed by atoms with Crippen molar-refractivity contribution in [3.63, 3.8) is 0 Å². The molecule has 1 aromatic carbocycles. The van der Waals surface area contributed by atoms with Gasteiger partial charge in [0.25, 0.3) is 0 Å². The van der Waals surface area contributed by atoms with Crippen LogP contribution in [0.4, 0.5) is 0 Å². The molecule has 0 N–H and O–H groups in total. The van der Waals surface area contributed by atoms with Crippen LogP contribution in [0.25, 0.3) is 0 Å². The molecule has 5 rings (SSSR count). The number of ether oxygens (including phenoxy) is 2. The Kier molecular flexibility index (Phi) is 4.33. The predicted molar refractivity (Wildman–Crippen MR) is 107 cm³/mol. The monoisotopic (exact) mass is 396 g/mol. The first-order valence-corrected chi connectivity index (χ1v) is 10.6. The van der Waals surface area contributed by atoms with Crippen LogP contribution in [-0.4, -0.2) is 35.7 Å². The lowest BCUT2D eigenvalue weighted by Gasteiger charge is -2.46. The van der Waals surface area contributed by atoms with Crippen LogP contribution in [0.1, 0.15) is 66.8 Å². The van der Waals surface area contributed by atoms with Crippen molar-refractivity contribution in [2.45, 2.75) is 64.3 Å². The van der Waals surface area contributed by atoms with Gasteiger partial charge in [0, 0.05) is 17.5 Å². The highest BCUT2D eigenvalue weighted by Gasteiger charge is 2.46. The van der Waals surface area contributed by atoms with E-state index in [2.05, 4.69) is 29.1 Å². The van der Waals surface area contributed by atoms with Gasteiger partial charge in [-0.1, -0.05) is 18.0 Å². The van der Waals surface area contributed by atoms with E-state index in [-0.39, 0.29) is 17.4 Å². The van der Waals surface area contributed by atoms with Crippen molar-refractivity contribution in [3.05, 3.63) is 40.3 Å². The fraction of sp³-hybridized carbons (Fsp3) is 0.565. The minimum Gasteiger partial charge on any atom is -0.486 e. The van der Waals surface area contributed by atoms with Crippen LogP contribution < -0.4 is 9.47 Å². The highest BCUT2D eigenvalue weighted by Crippen LogP contribution is 2.52. The fourth-order valence-electron chi connectivity index (χ4n) is 5.42. The predicted octanol–water partition coefficient (Wildman–Crippen LogP) is 4.02. The number of amides is 1. The number of hydrogen-bond acceptors (Lipinski definition) is 5. The number of rotatable bonds is 2. The highest BCUT2D eigenvalue weighted by atomic mass is 16.6. The van der Waals surface area contributed by atoms with Crippen molar-refractivity contribution < 1.29 is 18.8 Å². The number of nitrogens with zero attached hydrogens (tertiary/aromatic N) is 2. The summed E-state index contributed by atoms with van der Waals surface area (Å²) in [6.45, 7) is 7.83. The van der Waals surface area contributed by atoms with Gasteiger partial charge in [-0.25, -0.2) is 0 Å². The van der Waals surface area contributed by atoms with Crippen LogP contribution in [0.2, 0.25) is 0 Å². The molecule has 0 bridgehead atoms. The molecule has 1 aliphatic carbocycles. The van der Waals surface area contributed by atoms with Crippen molar-refractivity contribution in [2.24, 2.45) is 0 Å². The molecule has 29 heavy (non-hydrogen) atoms. The third-order valence-electron chi connectivity index (χ3n) is 7.07. The maximum absolute atomic E-state index is 13.4. The minimum atomic E-state index is 0.0000222. The first-order chi connectivity index (χ1) is 14.0. The molecule has 3 aliphatic rings. The molecule has 3 heterocycles. The van der Waals surface area contributed by atoms with E-state index in [0.29, 0.717) is 19.6 Å². The largest absolute Gasteiger partial charge is 0.486 e. The number of benzene rings is 1. The molecule has 1 aromatic heterocycles. The topological polar surface area (TPSA) is 64.8 Å². The SMILES string of the molecule is Cc1noc(C)c1CC(=O)N1CC2(CCCC2)c2cc3c(cc2C1C)OCCO3.